The molecule has 2 aromatic rings. The van der Waals surface area contributed by atoms with Gasteiger partial charge < -0.3 is 18.9 Å². The minimum atomic E-state index is -0.985. The molecule has 0 atom stereocenters. The van der Waals surface area contributed by atoms with E-state index < -0.39 is 23.3 Å². The first-order valence-electron chi connectivity index (χ1n) is 16.2. The maximum Gasteiger partial charge on any atom is 0.204 e. The second kappa shape index (κ2) is 18.2. The third-order valence-corrected chi connectivity index (χ3v) is 8.82. The lowest BCUT2D eigenvalue weighted by Gasteiger charge is -2.28. The predicted octanol–water partition coefficient (Wildman–Crippen LogP) is 10.3. The van der Waals surface area contributed by atoms with Gasteiger partial charge in [-0.25, -0.2) is 0 Å². The largest absolute Gasteiger partial charge is 0.494 e. The molecule has 8 heteroatoms. The maximum atomic E-state index is 13.9. The van der Waals surface area contributed by atoms with E-state index in [4.69, 9.17) is 18.9 Å². The number of halogens is 4. The number of methoxy groups -OCH3 is 1. The molecule has 0 heterocycles. The lowest BCUT2D eigenvalue weighted by Crippen LogP contribution is -2.20. The highest BCUT2D eigenvalue weighted by Crippen LogP contribution is 2.35. The van der Waals surface area contributed by atoms with Gasteiger partial charge in [0.15, 0.2) is 23.0 Å². The average molecular weight is 611 g/mol. The van der Waals surface area contributed by atoms with E-state index in [1.165, 1.54) is 82.7 Å². The van der Waals surface area contributed by atoms with Crippen molar-refractivity contribution in [3.63, 3.8) is 0 Å². The standard InChI is InChI=1S/C18H26F2O2.C17H24F2O2/c1-3-5-13-6-8-14(9-7-13)12-22-16-11-10-15(21-4-2)17(19)18(16)20;1-3-4-12-5-7-13(8-6-12)11-21-15-10-9-14(20-2)16(18)17(15)19/h10-11,13-14H,3-9,12H2,1-2H3;9-10,12-13H,3-8,11H2,1-2H3. The number of hydrogen-bond acceptors (Lipinski definition) is 4. The third kappa shape index (κ3) is 10.5. The van der Waals surface area contributed by atoms with Crippen molar-refractivity contribution in [3.05, 3.63) is 47.5 Å². The molecule has 4 rings (SSSR count). The van der Waals surface area contributed by atoms with Crippen LogP contribution in [-0.2, 0) is 0 Å². The van der Waals surface area contributed by atoms with Crippen molar-refractivity contribution < 1.29 is 36.5 Å². The Morgan fingerprint density at radius 2 is 0.837 bits per heavy atom. The Kier molecular flexibility index (Phi) is 14.8. The van der Waals surface area contributed by atoms with Crippen LogP contribution >= 0.6 is 0 Å². The zero-order valence-electron chi connectivity index (χ0n) is 26.4. The van der Waals surface area contributed by atoms with Crippen LogP contribution in [0.3, 0.4) is 0 Å². The van der Waals surface area contributed by atoms with Crippen LogP contribution in [0.15, 0.2) is 24.3 Å². The highest BCUT2D eigenvalue weighted by atomic mass is 19.2. The van der Waals surface area contributed by atoms with Crippen LogP contribution in [0.25, 0.3) is 0 Å². The van der Waals surface area contributed by atoms with Crippen molar-refractivity contribution in [2.45, 2.75) is 97.8 Å². The van der Waals surface area contributed by atoms with Crippen LogP contribution in [0, 0.1) is 46.9 Å². The SMILES string of the molecule is CCCC1CCC(COc2ccc(OC)c(F)c2F)CC1.CCCC1CCC(COc2ccc(OCC)c(F)c2F)CC1. The van der Waals surface area contributed by atoms with E-state index >= 15 is 0 Å². The molecule has 2 aliphatic carbocycles. The molecule has 0 spiro atoms. The van der Waals surface area contributed by atoms with Gasteiger partial charge in [0.25, 0.3) is 0 Å². The summed E-state index contributed by atoms with van der Waals surface area (Å²) in [5.74, 6) is -1.51. The molecule has 43 heavy (non-hydrogen) atoms. The summed E-state index contributed by atoms with van der Waals surface area (Å²) in [6.07, 6.45) is 14.4. The molecule has 0 unspecified atom stereocenters. The van der Waals surface area contributed by atoms with E-state index in [2.05, 4.69) is 13.8 Å². The Morgan fingerprint density at radius 1 is 0.512 bits per heavy atom. The monoisotopic (exact) mass is 610 g/mol. The fourth-order valence-corrected chi connectivity index (χ4v) is 6.28. The van der Waals surface area contributed by atoms with Gasteiger partial charge in [-0.05, 0) is 80.5 Å². The minimum Gasteiger partial charge on any atom is -0.494 e. The summed E-state index contributed by atoms with van der Waals surface area (Å²) in [6.45, 7) is 7.40. The molecule has 0 saturated heterocycles. The van der Waals surface area contributed by atoms with Crippen molar-refractivity contribution in [2.75, 3.05) is 26.9 Å². The van der Waals surface area contributed by atoms with E-state index in [9.17, 15) is 17.6 Å². The summed E-state index contributed by atoms with van der Waals surface area (Å²) in [6, 6.07) is 5.70. The second-order valence-corrected chi connectivity index (χ2v) is 12.0. The van der Waals surface area contributed by atoms with E-state index in [-0.39, 0.29) is 23.0 Å². The Morgan fingerprint density at radius 3 is 1.19 bits per heavy atom. The van der Waals surface area contributed by atoms with E-state index in [0.29, 0.717) is 31.7 Å². The summed E-state index contributed by atoms with van der Waals surface area (Å²) in [7, 11) is 1.31. The third-order valence-electron chi connectivity index (χ3n) is 8.82. The highest BCUT2D eigenvalue weighted by Gasteiger charge is 2.24. The Hall–Kier alpha value is -2.64. The Bertz CT molecular complexity index is 1100. The van der Waals surface area contributed by atoms with Gasteiger partial charge in [0, 0.05) is 0 Å². The van der Waals surface area contributed by atoms with Gasteiger partial charge in [-0.1, -0.05) is 65.2 Å². The second-order valence-electron chi connectivity index (χ2n) is 12.0. The van der Waals surface area contributed by atoms with Crippen LogP contribution in [0.5, 0.6) is 23.0 Å². The maximum absolute atomic E-state index is 13.9. The summed E-state index contributed by atoms with van der Waals surface area (Å²) in [5, 5.41) is 0. The smallest absolute Gasteiger partial charge is 0.204 e. The molecular formula is C35H50F4O4. The number of ether oxygens (including phenoxy) is 4. The van der Waals surface area contributed by atoms with Crippen molar-refractivity contribution in [3.8, 4) is 23.0 Å². The molecule has 0 radical (unpaired) electrons. The molecule has 2 fully saturated rings. The molecule has 2 aromatic carbocycles. The molecule has 242 valence electrons. The van der Waals surface area contributed by atoms with Gasteiger partial charge in [0.2, 0.25) is 23.3 Å². The molecule has 0 amide bonds. The average Bonchev–Trinajstić information content (AvgIpc) is 3.02. The summed E-state index contributed by atoms with van der Waals surface area (Å²) in [5.41, 5.74) is 0. The quantitative estimate of drug-likeness (QED) is 0.212. The summed E-state index contributed by atoms with van der Waals surface area (Å²) < 4.78 is 75.8. The highest BCUT2D eigenvalue weighted by molar-refractivity contribution is 5.35. The topological polar surface area (TPSA) is 36.9 Å². The summed E-state index contributed by atoms with van der Waals surface area (Å²) >= 11 is 0. The van der Waals surface area contributed by atoms with Crippen LogP contribution in [0.2, 0.25) is 0 Å². The van der Waals surface area contributed by atoms with Crippen molar-refractivity contribution in [1.82, 2.24) is 0 Å². The number of rotatable bonds is 13. The molecule has 0 aromatic heterocycles. The van der Waals surface area contributed by atoms with Gasteiger partial charge in [0.05, 0.1) is 26.9 Å². The predicted molar refractivity (Wildman–Crippen MR) is 162 cm³/mol. The van der Waals surface area contributed by atoms with Crippen LogP contribution in [-0.4, -0.2) is 26.9 Å². The van der Waals surface area contributed by atoms with E-state index in [1.54, 1.807) is 6.92 Å². The first-order valence-corrected chi connectivity index (χ1v) is 16.2. The Labute approximate surface area is 255 Å². The van der Waals surface area contributed by atoms with E-state index in [0.717, 1.165) is 37.5 Å². The number of hydrogen-bond donors (Lipinski definition) is 0. The van der Waals surface area contributed by atoms with Gasteiger partial charge in [-0.2, -0.15) is 17.6 Å². The lowest BCUT2D eigenvalue weighted by atomic mass is 9.80. The van der Waals surface area contributed by atoms with Gasteiger partial charge in [-0.15, -0.1) is 0 Å². The fraction of sp³-hybridized carbons (Fsp3) is 0.657. The minimum absolute atomic E-state index is 0.0170. The molecule has 0 aliphatic heterocycles. The lowest BCUT2D eigenvalue weighted by molar-refractivity contribution is 0.173. The molecule has 2 aliphatic rings. The van der Waals surface area contributed by atoms with Gasteiger partial charge >= 0.3 is 0 Å². The van der Waals surface area contributed by atoms with E-state index in [1.807, 2.05) is 0 Å². The van der Waals surface area contributed by atoms with Crippen molar-refractivity contribution >= 4 is 0 Å². The Balaban J connectivity index is 0.000000236. The molecule has 0 N–H and O–H groups in total. The van der Waals surface area contributed by atoms with Crippen molar-refractivity contribution in [2.24, 2.45) is 23.7 Å². The zero-order valence-corrected chi connectivity index (χ0v) is 26.4. The molecule has 4 nitrogen and oxygen atoms in total. The van der Waals surface area contributed by atoms with Crippen LogP contribution < -0.4 is 18.9 Å². The molecule has 2 saturated carbocycles. The first kappa shape index (κ1) is 34.8. The molecular weight excluding hydrogens is 560 g/mol. The van der Waals surface area contributed by atoms with Crippen LogP contribution in [0.4, 0.5) is 17.6 Å². The van der Waals surface area contributed by atoms with Crippen LogP contribution in [0.1, 0.15) is 97.8 Å². The normalized spacial score (nSPS) is 21.9. The first-order chi connectivity index (χ1) is 20.8. The van der Waals surface area contributed by atoms with Gasteiger partial charge in [0.1, 0.15) is 0 Å². The zero-order chi connectivity index (χ0) is 31.2. The molecule has 0 bridgehead atoms. The fourth-order valence-electron chi connectivity index (χ4n) is 6.28. The van der Waals surface area contributed by atoms with Gasteiger partial charge in [-0.3, -0.25) is 0 Å². The summed E-state index contributed by atoms with van der Waals surface area (Å²) in [4.78, 5) is 0. The van der Waals surface area contributed by atoms with Crippen molar-refractivity contribution in [1.29, 1.82) is 0 Å². The number of benzene rings is 2.